The minimum atomic E-state index is -1.10. The molecule has 0 heterocycles. The minimum absolute atomic E-state index is 0.350. The van der Waals surface area contributed by atoms with Crippen LogP contribution in [-0.4, -0.2) is 14.2 Å². The Labute approximate surface area is 107 Å². The Kier molecular flexibility index (Phi) is 3.48. The van der Waals surface area contributed by atoms with E-state index in [0.717, 1.165) is 24.8 Å². The Morgan fingerprint density at radius 2 is 1.83 bits per heavy atom. The number of nitrogens with two attached hydrogens (primary N) is 1. The first-order chi connectivity index (χ1) is 8.51. The van der Waals surface area contributed by atoms with Crippen molar-refractivity contribution in [3.8, 4) is 11.5 Å². The van der Waals surface area contributed by atoms with Gasteiger partial charge in [-0.2, -0.15) is 0 Å². The van der Waals surface area contributed by atoms with Crippen LogP contribution in [0.25, 0.3) is 0 Å². The quantitative estimate of drug-likeness (QED) is 0.896. The lowest BCUT2D eigenvalue weighted by Crippen LogP contribution is -2.43. The molecule has 0 bridgehead atoms. The molecule has 1 unspecified atom stereocenters. The van der Waals surface area contributed by atoms with Crippen LogP contribution < -0.4 is 15.2 Å². The van der Waals surface area contributed by atoms with Crippen LogP contribution in [0.2, 0.25) is 0 Å². The van der Waals surface area contributed by atoms with E-state index in [4.69, 9.17) is 15.2 Å². The van der Waals surface area contributed by atoms with Gasteiger partial charge in [-0.15, -0.1) is 0 Å². The van der Waals surface area contributed by atoms with E-state index in [0.29, 0.717) is 17.1 Å². The third-order valence-corrected chi connectivity index (χ3v) is 3.76. The second-order valence-electron chi connectivity index (χ2n) is 4.92. The van der Waals surface area contributed by atoms with Gasteiger partial charge >= 0.3 is 0 Å². The van der Waals surface area contributed by atoms with Crippen LogP contribution >= 0.6 is 0 Å². The summed E-state index contributed by atoms with van der Waals surface area (Å²) in [6.07, 6.45) is 1.87. The SMILES string of the molecule is COc1cc(C2(N)CCC2)c(OC)cc1C(C)F. The summed E-state index contributed by atoms with van der Waals surface area (Å²) >= 11 is 0. The van der Waals surface area contributed by atoms with Gasteiger partial charge in [0.15, 0.2) is 0 Å². The van der Waals surface area contributed by atoms with Gasteiger partial charge in [0.25, 0.3) is 0 Å². The molecule has 3 nitrogen and oxygen atoms in total. The lowest BCUT2D eigenvalue weighted by Gasteiger charge is -2.39. The van der Waals surface area contributed by atoms with E-state index < -0.39 is 6.17 Å². The summed E-state index contributed by atoms with van der Waals surface area (Å²) in [5.74, 6) is 1.19. The van der Waals surface area contributed by atoms with E-state index in [1.807, 2.05) is 6.07 Å². The normalized spacial score (nSPS) is 18.9. The number of benzene rings is 1. The Bertz CT molecular complexity index is 442. The fourth-order valence-electron chi connectivity index (χ4n) is 2.45. The number of alkyl halides is 1. The van der Waals surface area contributed by atoms with E-state index in [9.17, 15) is 4.39 Å². The molecule has 2 N–H and O–H groups in total. The molecule has 0 saturated heterocycles. The van der Waals surface area contributed by atoms with Crippen molar-refractivity contribution in [2.75, 3.05) is 14.2 Å². The summed E-state index contributed by atoms with van der Waals surface area (Å²) in [5, 5.41) is 0. The van der Waals surface area contributed by atoms with Crippen LogP contribution in [0, 0.1) is 0 Å². The van der Waals surface area contributed by atoms with Crippen LogP contribution in [0.5, 0.6) is 11.5 Å². The second-order valence-corrected chi connectivity index (χ2v) is 4.92. The standard InChI is InChI=1S/C14H20FNO2/c1-9(15)10-7-13(18-3)11(8-12(10)17-2)14(16)5-4-6-14/h7-9H,4-6,16H2,1-3H3. The fourth-order valence-corrected chi connectivity index (χ4v) is 2.45. The zero-order valence-electron chi connectivity index (χ0n) is 11.1. The van der Waals surface area contributed by atoms with E-state index in [2.05, 4.69) is 0 Å². The van der Waals surface area contributed by atoms with Crippen LogP contribution in [-0.2, 0) is 5.54 Å². The molecule has 1 atom stereocenters. The number of halogens is 1. The summed E-state index contributed by atoms with van der Waals surface area (Å²) in [7, 11) is 3.13. The van der Waals surface area contributed by atoms with Gasteiger partial charge < -0.3 is 15.2 Å². The smallest absolute Gasteiger partial charge is 0.126 e. The van der Waals surface area contributed by atoms with Crippen LogP contribution in [0.1, 0.15) is 43.5 Å². The summed E-state index contributed by atoms with van der Waals surface area (Å²) in [6.45, 7) is 1.48. The monoisotopic (exact) mass is 253 g/mol. The highest BCUT2D eigenvalue weighted by atomic mass is 19.1. The zero-order chi connectivity index (χ0) is 13.3. The number of rotatable bonds is 4. The molecule has 0 radical (unpaired) electrons. The van der Waals surface area contributed by atoms with Gasteiger partial charge in [-0.05, 0) is 38.3 Å². The van der Waals surface area contributed by atoms with Crippen LogP contribution in [0.4, 0.5) is 4.39 Å². The van der Waals surface area contributed by atoms with Crippen molar-refractivity contribution < 1.29 is 13.9 Å². The molecule has 1 aromatic carbocycles. The highest BCUT2D eigenvalue weighted by Gasteiger charge is 2.37. The van der Waals surface area contributed by atoms with Gasteiger partial charge in [0.05, 0.1) is 14.2 Å². The summed E-state index contributed by atoms with van der Waals surface area (Å²) in [4.78, 5) is 0. The minimum Gasteiger partial charge on any atom is -0.496 e. The van der Waals surface area contributed by atoms with Crippen molar-refractivity contribution in [2.24, 2.45) is 5.73 Å². The number of ether oxygens (including phenoxy) is 2. The van der Waals surface area contributed by atoms with Crippen molar-refractivity contribution in [3.63, 3.8) is 0 Å². The second kappa shape index (κ2) is 4.76. The Hall–Kier alpha value is -1.29. The lowest BCUT2D eigenvalue weighted by atomic mass is 9.72. The molecule has 1 aliphatic carbocycles. The molecule has 100 valence electrons. The fraction of sp³-hybridized carbons (Fsp3) is 0.571. The van der Waals surface area contributed by atoms with Crippen molar-refractivity contribution in [3.05, 3.63) is 23.3 Å². The maximum atomic E-state index is 13.6. The van der Waals surface area contributed by atoms with E-state index in [-0.39, 0.29) is 5.54 Å². The van der Waals surface area contributed by atoms with Gasteiger partial charge in [-0.3, -0.25) is 0 Å². The number of methoxy groups -OCH3 is 2. The number of hydrogen-bond acceptors (Lipinski definition) is 3. The lowest BCUT2D eigenvalue weighted by molar-refractivity contribution is 0.242. The summed E-state index contributed by atoms with van der Waals surface area (Å²) in [5.41, 5.74) is 7.39. The predicted octanol–water partition coefficient (Wildman–Crippen LogP) is 3.07. The summed E-state index contributed by atoms with van der Waals surface area (Å²) in [6, 6.07) is 3.52. The molecule has 0 aliphatic heterocycles. The van der Waals surface area contributed by atoms with Crippen LogP contribution in [0.3, 0.4) is 0 Å². The average molecular weight is 253 g/mol. The van der Waals surface area contributed by atoms with Gasteiger partial charge in [0.1, 0.15) is 17.7 Å². The third-order valence-electron chi connectivity index (χ3n) is 3.76. The Morgan fingerprint density at radius 3 is 2.22 bits per heavy atom. The molecule has 18 heavy (non-hydrogen) atoms. The maximum Gasteiger partial charge on any atom is 0.126 e. The van der Waals surface area contributed by atoms with Crippen molar-refractivity contribution >= 4 is 0 Å². The largest absolute Gasteiger partial charge is 0.496 e. The Balaban J connectivity index is 2.52. The van der Waals surface area contributed by atoms with Crippen molar-refractivity contribution in [2.45, 2.75) is 37.9 Å². The first kappa shape index (κ1) is 13.1. The summed E-state index contributed by atoms with van der Waals surface area (Å²) < 4.78 is 24.2. The topological polar surface area (TPSA) is 44.5 Å². The van der Waals surface area contributed by atoms with Crippen molar-refractivity contribution in [1.82, 2.24) is 0 Å². The molecule has 0 amide bonds. The molecule has 2 rings (SSSR count). The highest BCUT2D eigenvalue weighted by Crippen LogP contribution is 2.46. The molecule has 1 saturated carbocycles. The van der Waals surface area contributed by atoms with Gasteiger partial charge in [-0.25, -0.2) is 4.39 Å². The molecule has 0 spiro atoms. The van der Waals surface area contributed by atoms with Crippen LogP contribution in [0.15, 0.2) is 12.1 Å². The first-order valence-corrected chi connectivity index (χ1v) is 6.21. The molecular weight excluding hydrogens is 233 g/mol. The molecular formula is C14H20FNO2. The molecule has 1 aliphatic rings. The van der Waals surface area contributed by atoms with E-state index in [1.165, 1.54) is 6.92 Å². The van der Waals surface area contributed by atoms with Gasteiger partial charge in [0, 0.05) is 16.7 Å². The van der Waals surface area contributed by atoms with Gasteiger partial charge in [-0.1, -0.05) is 0 Å². The zero-order valence-corrected chi connectivity index (χ0v) is 11.1. The first-order valence-electron chi connectivity index (χ1n) is 6.21. The van der Waals surface area contributed by atoms with Gasteiger partial charge in [0.2, 0.25) is 0 Å². The molecule has 4 heteroatoms. The van der Waals surface area contributed by atoms with E-state index in [1.54, 1.807) is 20.3 Å². The predicted molar refractivity (Wildman–Crippen MR) is 68.8 cm³/mol. The highest BCUT2D eigenvalue weighted by molar-refractivity contribution is 5.51. The molecule has 1 aromatic rings. The van der Waals surface area contributed by atoms with Crippen molar-refractivity contribution in [1.29, 1.82) is 0 Å². The average Bonchev–Trinajstić information content (AvgIpc) is 2.34. The molecule has 1 fully saturated rings. The number of hydrogen-bond donors (Lipinski definition) is 1. The third kappa shape index (κ3) is 2.05. The molecule has 0 aromatic heterocycles. The maximum absolute atomic E-state index is 13.6. The van der Waals surface area contributed by atoms with E-state index >= 15 is 0 Å². The Morgan fingerprint density at radius 1 is 1.22 bits per heavy atom.